The summed E-state index contributed by atoms with van der Waals surface area (Å²) in [7, 11) is 0. The summed E-state index contributed by atoms with van der Waals surface area (Å²) < 4.78 is 1.63. The van der Waals surface area contributed by atoms with Crippen molar-refractivity contribution in [3.05, 3.63) is 50.5 Å². The van der Waals surface area contributed by atoms with Crippen molar-refractivity contribution in [1.82, 2.24) is 9.55 Å². The van der Waals surface area contributed by atoms with Crippen LogP contribution in [0.25, 0.3) is 5.69 Å². The Bertz CT molecular complexity index is 856. The average Bonchev–Trinajstić information content (AvgIpc) is 2.45. The summed E-state index contributed by atoms with van der Waals surface area (Å²) in [5.41, 5.74) is 1.66. The Kier molecular flexibility index (Phi) is 5.80. The lowest BCUT2D eigenvalue weighted by Gasteiger charge is -2.11. The van der Waals surface area contributed by atoms with Crippen LogP contribution in [0.1, 0.15) is 11.1 Å². The highest BCUT2D eigenvalue weighted by atomic mass is 32.1. The number of carboxylic acid groups (broad SMARTS) is 2. The van der Waals surface area contributed by atoms with Crippen LogP contribution in [0, 0.1) is 18.6 Å². The van der Waals surface area contributed by atoms with Crippen LogP contribution in [0.3, 0.4) is 0 Å². The van der Waals surface area contributed by atoms with E-state index in [-0.39, 0.29) is 21.8 Å². The predicted molar refractivity (Wildman–Crippen MR) is 83.6 cm³/mol. The van der Waals surface area contributed by atoms with Crippen molar-refractivity contribution in [2.24, 2.45) is 0 Å². The number of benzene rings is 1. The van der Waals surface area contributed by atoms with E-state index >= 15 is 0 Å². The van der Waals surface area contributed by atoms with Gasteiger partial charge < -0.3 is 15.3 Å². The van der Waals surface area contributed by atoms with Crippen molar-refractivity contribution >= 4 is 24.2 Å². The van der Waals surface area contributed by atoms with Gasteiger partial charge in [0, 0.05) is 0 Å². The standard InChI is InChI=1S/C12H12N2O2S.C2H2O4/c1-7-4-3-5-9(6-7)14-11(16)8(2)10(15)13-12(14)17;3-1(4)2(5)6/h3-6,16H,1-2H3,(H,13,15,17);(H,3,4)(H,5,6). The van der Waals surface area contributed by atoms with Crippen LogP contribution in [0.15, 0.2) is 29.1 Å². The third-order valence-corrected chi connectivity index (χ3v) is 3.04. The minimum Gasteiger partial charge on any atom is -0.494 e. The van der Waals surface area contributed by atoms with Crippen molar-refractivity contribution in [3.63, 3.8) is 0 Å². The van der Waals surface area contributed by atoms with Crippen molar-refractivity contribution in [1.29, 1.82) is 0 Å². The van der Waals surface area contributed by atoms with Gasteiger partial charge in [0.25, 0.3) is 5.56 Å². The molecule has 1 heterocycles. The van der Waals surface area contributed by atoms with Gasteiger partial charge in [-0.25, -0.2) is 9.59 Å². The van der Waals surface area contributed by atoms with Crippen LogP contribution in [0.5, 0.6) is 5.88 Å². The molecule has 23 heavy (non-hydrogen) atoms. The number of aliphatic carboxylic acids is 2. The number of carbonyl (C=O) groups is 2. The lowest BCUT2D eigenvalue weighted by molar-refractivity contribution is -0.159. The fourth-order valence-electron chi connectivity index (χ4n) is 1.62. The summed E-state index contributed by atoms with van der Waals surface area (Å²) in [4.78, 5) is 32.1. The first-order valence-electron chi connectivity index (χ1n) is 6.23. The maximum absolute atomic E-state index is 11.4. The highest BCUT2D eigenvalue weighted by Gasteiger charge is 2.09. The Morgan fingerprint density at radius 1 is 1.17 bits per heavy atom. The van der Waals surface area contributed by atoms with Gasteiger partial charge in [-0.2, -0.15) is 0 Å². The molecule has 9 heteroatoms. The molecule has 0 unspecified atom stereocenters. The lowest BCUT2D eigenvalue weighted by atomic mass is 10.2. The van der Waals surface area contributed by atoms with Gasteiger partial charge in [0.15, 0.2) is 4.77 Å². The van der Waals surface area contributed by atoms with E-state index in [4.69, 9.17) is 32.0 Å². The molecular weight excluding hydrogens is 324 g/mol. The van der Waals surface area contributed by atoms with Crippen molar-refractivity contribution in [2.45, 2.75) is 13.8 Å². The Hall–Kier alpha value is -2.94. The van der Waals surface area contributed by atoms with E-state index in [9.17, 15) is 9.90 Å². The molecule has 0 spiro atoms. The molecule has 4 N–H and O–H groups in total. The molecule has 0 fully saturated rings. The zero-order valence-electron chi connectivity index (χ0n) is 12.2. The average molecular weight is 338 g/mol. The SMILES string of the molecule is Cc1cccc(-n2c(O)c(C)c(=O)[nH]c2=S)c1.O=C(O)C(=O)O. The largest absolute Gasteiger partial charge is 0.494 e. The second kappa shape index (κ2) is 7.36. The second-order valence-corrected chi connectivity index (χ2v) is 4.88. The van der Waals surface area contributed by atoms with Gasteiger partial charge in [-0.05, 0) is 43.8 Å². The van der Waals surface area contributed by atoms with Gasteiger partial charge in [-0.1, -0.05) is 12.1 Å². The van der Waals surface area contributed by atoms with Gasteiger partial charge in [0.1, 0.15) is 0 Å². The van der Waals surface area contributed by atoms with Crippen LogP contribution in [-0.4, -0.2) is 36.8 Å². The maximum Gasteiger partial charge on any atom is 0.414 e. The number of aromatic nitrogens is 2. The summed E-state index contributed by atoms with van der Waals surface area (Å²) in [5.74, 6) is -3.77. The topological polar surface area (TPSA) is 133 Å². The number of rotatable bonds is 1. The highest BCUT2D eigenvalue weighted by molar-refractivity contribution is 7.71. The maximum atomic E-state index is 11.4. The van der Waals surface area contributed by atoms with Gasteiger partial charge in [-0.15, -0.1) is 0 Å². The van der Waals surface area contributed by atoms with Crippen LogP contribution >= 0.6 is 12.2 Å². The molecule has 0 saturated carbocycles. The minimum absolute atomic E-state index is 0.121. The van der Waals surface area contributed by atoms with E-state index in [1.165, 1.54) is 4.57 Å². The summed E-state index contributed by atoms with van der Waals surface area (Å²) >= 11 is 5.06. The lowest BCUT2D eigenvalue weighted by Crippen LogP contribution is -2.15. The molecule has 0 atom stereocenters. The van der Waals surface area contributed by atoms with Gasteiger partial charge in [0.05, 0.1) is 11.3 Å². The predicted octanol–water partition coefficient (Wildman–Crippen LogP) is 1.37. The number of hydrogen-bond donors (Lipinski definition) is 4. The molecule has 0 aliphatic heterocycles. The Labute approximate surface area is 135 Å². The van der Waals surface area contributed by atoms with E-state index in [0.717, 1.165) is 11.3 Å². The third kappa shape index (κ3) is 4.51. The number of aromatic hydroxyl groups is 1. The first-order chi connectivity index (χ1) is 10.6. The summed E-state index contributed by atoms with van der Waals surface area (Å²) in [6.07, 6.45) is 0. The van der Waals surface area contributed by atoms with E-state index in [2.05, 4.69) is 4.98 Å². The van der Waals surface area contributed by atoms with E-state index in [1.54, 1.807) is 6.92 Å². The molecule has 0 radical (unpaired) electrons. The fraction of sp³-hybridized carbons (Fsp3) is 0.143. The minimum atomic E-state index is -1.82. The van der Waals surface area contributed by atoms with Crippen LogP contribution in [0.4, 0.5) is 0 Å². The van der Waals surface area contributed by atoms with Crippen molar-refractivity contribution in [2.75, 3.05) is 0 Å². The zero-order valence-corrected chi connectivity index (χ0v) is 13.0. The molecule has 0 saturated heterocycles. The number of carboxylic acids is 2. The van der Waals surface area contributed by atoms with E-state index < -0.39 is 11.9 Å². The van der Waals surface area contributed by atoms with Gasteiger partial charge in [-0.3, -0.25) is 14.3 Å². The first kappa shape index (κ1) is 18.1. The first-order valence-corrected chi connectivity index (χ1v) is 6.64. The number of aromatic amines is 1. The summed E-state index contributed by atoms with van der Waals surface area (Å²) in [6.45, 7) is 3.50. The molecule has 1 aromatic heterocycles. The van der Waals surface area contributed by atoms with E-state index in [0.29, 0.717) is 0 Å². The molecule has 2 rings (SSSR count). The smallest absolute Gasteiger partial charge is 0.414 e. The Balaban J connectivity index is 0.000000379. The fourth-order valence-corrected chi connectivity index (χ4v) is 1.90. The Morgan fingerprint density at radius 3 is 2.22 bits per heavy atom. The molecule has 0 amide bonds. The van der Waals surface area contributed by atoms with Crippen molar-refractivity contribution in [3.8, 4) is 11.6 Å². The van der Waals surface area contributed by atoms with E-state index in [1.807, 2.05) is 31.2 Å². The zero-order chi connectivity index (χ0) is 17.7. The quantitative estimate of drug-likeness (QED) is 0.456. The normalized spacial score (nSPS) is 9.65. The van der Waals surface area contributed by atoms with Gasteiger partial charge in [0.2, 0.25) is 5.88 Å². The molecule has 0 aliphatic rings. The number of aryl methyl sites for hydroxylation is 1. The molecule has 0 bridgehead atoms. The molecule has 2 aromatic rings. The Morgan fingerprint density at radius 2 is 1.74 bits per heavy atom. The molecule has 122 valence electrons. The molecule has 0 aliphatic carbocycles. The van der Waals surface area contributed by atoms with Crippen LogP contribution in [0.2, 0.25) is 0 Å². The molecule has 8 nitrogen and oxygen atoms in total. The van der Waals surface area contributed by atoms with Crippen LogP contribution < -0.4 is 5.56 Å². The van der Waals surface area contributed by atoms with Gasteiger partial charge >= 0.3 is 11.9 Å². The van der Waals surface area contributed by atoms with Crippen molar-refractivity contribution < 1.29 is 24.9 Å². The second-order valence-electron chi connectivity index (χ2n) is 4.49. The summed E-state index contributed by atoms with van der Waals surface area (Å²) in [6, 6.07) is 7.52. The molecule has 1 aromatic carbocycles. The number of hydrogen-bond acceptors (Lipinski definition) is 5. The number of nitrogens with one attached hydrogen (secondary N) is 1. The summed E-state index contributed by atoms with van der Waals surface area (Å²) in [5, 5.41) is 24.8. The highest BCUT2D eigenvalue weighted by Crippen LogP contribution is 2.19. The monoisotopic (exact) mass is 338 g/mol. The number of nitrogens with zero attached hydrogens (tertiary/aromatic N) is 1. The number of H-pyrrole nitrogens is 1. The molecular formula is C14H14N2O6S. The van der Waals surface area contributed by atoms with Crippen LogP contribution in [-0.2, 0) is 9.59 Å². The third-order valence-electron chi connectivity index (χ3n) is 2.75.